The fraction of sp³-hybridized carbons (Fsp3) is 0.188. The van der Waals surface area contributed by atoms with Gasteiger partial charge in [0.2, 0.25) is 0 Å². The zero-order valence-electron chi connectivity index (χ0n) is 10.9. The maximum atomic E-state index is 11.3. The number of benzene rings is 2. The van der Waals surface area contributed by atoms with Crippen molar-refractivity contribution in [1.82, 2.24) is 0 Å². The molecule has 0 fully saturated rings. The van der Waals surface area contributed by atoms with Crippen LogP contribution in [0.25, 0.3) is 0 Å². The Morgan fingerprint density at radius 2 is 1.84 bits per heavy atom. The third-order valence-electron chi connectivity index (χ3n) is 3.43. The summed E-state index contributed by atoms with van der Waals surface area (Å²) in [7, 11) is 0. The van der Waals surface area contributed by atoms with Gasteiger partial charge < -0.3 is 10.2 Å². The van der Waals surface area contributed by atoms with Gasteiger partial charge in [0, 0.05) is 24.3 Å². The molecule has 0 bridgehead atoms. The minimum absolute atomic E-state index is 0.104. The molecule has 0 spiro atoms. The minimum atomic E-state index is 0.104. The van der Waals surface area contributed by atoms with Crippen LogP contribution in [0.5, 0.6) is 0 Å². The van der Waals surface area contributed by atoms with E-state index < -0.39 is 0 Å². The molecular formula is C16H16N2O. The molecule has 0 unspecified atom stereocenters. The molecule has 1 heterocycles. The summed E-state index contributed by atoms with van der Waals surface area (Å²) >= 11 is 0. The molecule has 0 amide bonds. The molecule has 0 saturated heterocycles. The molecule has 3 heteroatoms. The normalized spacial score (nSPS) is 13.6. The second-order valence-electron chi connectivity index (χ2n) is 4.70. The van der Waals surface area contributed by atoms with Crippen molar-refractivity contribution < 1.29 is 4.79 Å². The highest BCUT2D eigenvalue weighted by Crippen LogP contribution is 2.34. The second kappa shape index (κ2) is 4.76. The second-order valence-corrected chi connectivity index (χ2v) is 4.70. The largest absolute Gasteiger partial charge is 0.382 e. The van der Waals surface area contributed by atoms with Crippen LogP contribution >= 0.6 is 0 Å². The van der Waals surface area contributed by atoms with Crippen LogP contribution in [-0.2, 0) is 0 Å². The van der Waals surface area contributed by atoms with Gasteiger partial charge in [-0.2, -0.15) is 0 Å². The Balaban J connectivity index is 1.97. The molecule has 96 valence electrons. The van der Waals surface area contributed by atoms with Crippen molar-refractivity contribution in [2.45, 2.75) is 6.92 Å². The maximum Gasteiger partial charge on any atom is 0.159 e. The summed E-state index contributed by atoms with van der Waals surface area (Å²) in [4.78, 5) is 13.6. The first kappa shape index (κ1) is 11.8. The highest BCUT2D eigenvalue weighted by molar-refractivity contribution is 5.94. The van der Waals surface area contributed by atoms with Gasteiger partial charge in [-0.05, 0) is 43.3 Å². The Morgan fingerprint density at radius 1 is 1.11 bits per heavy atom. The Kier molecular flexibility index (Phi) is 2.95. The van der Waals surface area contributed by atoms with Gasteiger partial charge in [0.05, 0.1) is 11.4 Å². The van der Waals surface area contributed by atoms with Crippen molar-refractivity contribution in [2.75, 3.05) is 23.3 Å². The predicted octanol–water partition coefficient (Wildman–Crippen LogP) is 3.45. The molecule has 1 aliphatic rings. The van der Waals surface area contributed by atoms with E-state index in [1.807, 2.05) is 36.4 Å². The van der Waals surface area contributed by atoms with Crippen molar-refractivity contribution in [3.05, 3.63) is 54.1 Å². The zero-order chi connectivity index (χ0) is 13.2. The smallest absolute Gasteiger partial charge is 0.159 e. The lowest BCUT2D eigenvalue weighted by Gasteiger charge is -2.32. The summed E-state index contributed by atoms with van der Waals surface area (Å²) in [5, 5.41) is 3.40. The quantitative estimate of drug-likeness (QED) is 0.831. The number of nitrogens with one attached hydrogen (secondary N) is 1. The highest BCUT2D eigenvalue weighted by atomic mass is 16.1. The monoisotopic (exact) mass is 252 g/mol. The van der Waals surface area contributed by atoms with Crippen LogP contribution in [0.3, 0.4) is 0 Å². The van der Waals surface area contributed by atoms with Crippen molar-refractivity contribution in [3.63, 3.8) is 0 Å². The van der Waals surface area contributed by atoms with Crippen molar-refractivity contribution in [3.8, 4) is 0 Å². The molecule has 19 heavy (non-hydrogen) atoms. The van der Waals surface area contributed by atoms with Crippen molar-refractivity contribution in [2.24, 2.45) is 0 Å². The van der Waals surface area contributed by atoms with E-state index in [4.69, 9.17) is 0 Å². The van der Waals surface area contributed by atoms with E-state index in [1.165, 1.54) is 5.69 Å². The van der Waals surface area contributed by atoms with E-state index in [2.05, 4.69) is 22.3 Å². The number of carbonyl (C=O) groups excluding carboxylic acids is 1. The van der Waals surface area contributed by atoms with Crippen LogP contribution in [0.15, 0.2) is 48.5 Å². The van der Waals surface area contributed by atoms with E-state index in [0.717, 1.165) is 30.0 Å². The third kappa shape index (κ3) is 2.19. The van der Waals surface area contributed by atoms with Crippen LogP contribution in [0.2, 0.25) is 0 Å². The van der Waals surface area contributed by atoms with Gasteiger partial charge in [-0.1, -0.05) is 12.1 Å². The standard InChI is InChI=1S/C16H16N2O/c1-12(19)13-6-8-14(9-7-13)18-11-10-17-15-4-2-3-5-16(15)18/h2-9,17H,10-11H2,1H3. The summed E-state index contributed by atoms with van der Waals surface area (Å²) in [6.45, 7) is 3.44. The molecule has 2 aromatic rings. The number of ketones is 1. The number of hydrogen-bond donors (Lipinski definition) is 1. The van der Waals surface area contributed by atoms with Crippen LogP contribution in [0, 0.1) is 0 Å². The van der Waals surface area contributed by atoms with E-state index in [0.29, 0.717) is 0 Å². The molecule has 3 nitrogen and oxygen atoms in total. The first-order chi connectivity index (χ1) is 9.25. The summed E-state index contributed by atoms with van der Waals surface area (Å²) in [6, 6.07) is 16.1. The molecule has 0 saturated carbocycles. The number of anilines is 3. The number of rotatable bonds is 2. The van der Waals surface area contributed by atoms with E-state index >= 15 is 0 Å². The SMILES string of the molecule is CC(=O)c1ccc(N2CCNc3ccccc32)cc1. The van der Waals surface area contributed by atoms with Crippen LogP contribution in [0.1, 0.15) is 17.3 Å². The highest BCUT2D eigenvalue weighted by Gasteiger charge is 2.17. The van der Waals surface area contributed by atoms with Gasteiger partial charge in [-0.25, -0.2) is 0 Å². The predicted molar refractivity (Wildman–Crippen MR) is 78.4 cm³/mol. The Bertz CT molecular complexity index is 604. The van der Waals surface area contributed by atoms with Gasteiger partial charge in [-0.3, -0.25) is 4.79 Å². The van der Waals surface area contributed by atoms with Crippen LogP contribution in [-0.4, -0.2) is 18.9 Å². The van der Waals surface area contributed by atoms with E-state index in [9.17, 15) is 4.79 Å². The van der Waals surface area contributed by atoms with E-state index in [-0.39, 0.29) is 5.78 Å². The zero-order valence-corrected chi connectivity index (χ0v) is 10.9. The Hall–Kier alpha value is -2.29. The maximum absolute atomic E-state index is 11.3. The summed E-state index contributed by atoms with van der Waals surface area (Å²) in [6.07, 6.45) is 0. The summed E-state index contributed by atoms with van der Waals surface area (Å²) in [5.74, 6) is 0.104. The molecule has 3 rings (SSSR count). The first-order valence-electron chi connectivity index (χ1n) is 6.47. The Labute approximate surface area is 112 Å². The van der Waals surface area contributed by atoms with Gasteiger partial charge in [0.1, 0.15) is 0 Å². The van der Waals surface area contributed by atoms with Crippen molar-refractivity contribution >= 4 is 22.8 Å². The number of carbonyl (C=O) groups is 1. The van der Waals surface area contributed by atoms with Gasteiger partial charge in [0.15, 0.2) is 5.78 Å². The van der Waals surface area contributed by atoms with Gasteiger partial charge in [-0.15, -0.1) is 0 Å². The van der Waals surface area contributed by atoms with Crippen LogP contribution in [0.4, 0.5) is 17.1 Å². The lowest BCUT2D eigenvalue weighted by Crippen LogP contribution is -2.29. The lowest BCUT2D eigenvalue weighted by molar-refractivity contribution is 0.101. The third-order valence-corrected chi connectivity index (χ3v) is 3.43. The number of para-hydroxylation sites is 2. The molecule has 0 aromatic heterocycles. The lowest BCUT2D eigenvalue weighted by atomic mass is 10.1. The van der Waals surface area contributed by atoms with E-state index in [1.54, 1.807) is 6.92 Å². The van der Waals surface area contributed by atoms with Crippen molar-refractivity contribution in [1.29, 1.82) is 0 Å². The summed E-state index contributed by atoms with van der Waals surface area (Å²) in [5.41, 5.74) is 4.22. The average Bonchev–Trinajstić information content (AvgIpc) is 2.47. The number of fused-ring (bicyclic) bond motifs is 1. The first-order valence-corrected chi connectivity index (χ1v) is 6.47. The van der Waals surface area contributed by atoms with Gasteiger partial charge >= 0.3 is 0 Å². The van der Waals surface area contributed by atoms with Gasteiger partial charge in [0.25, 0.3) is 0 Å². The molecule has 0 radical (unpaired) electrons. The topological polar surface area (TPSA) is 32.3 Å². The minimum Gasteiger partial charge on any atom is -0.382 e. The fourth-order valence-electron chi connectivity index (χ4n) is 2.43. The molecule has 1 N–H and O–H groups in total. The molecule has 2 aromatic carbocycles. The molecule has 0 aliphatic carbocycles. The molecule has 0 atom stereocenters. The number of nitrogens with zero attached hydrogens (tertiary/aromatic N) is 1. The molecule has 1 aliphatic heterocycles. The summed E-state index contributed by atoms with van der Waals surface area (Å²) < 4.78 is 0. The molecular weight excluding hydrogens is 236 g/mol. The number of hydrogen-bond acceptors (Lipinski definition) is 3. The van der Waals surface area contributed by atoms with Crippen LogP contribution < -0.4 is 10.2 Å². The number of Topliss-reactive ketones (excluding diaryl/α,β-unsaturated/α-hetero) is 1. The average molecular weight is 252 g/mol. The Morgan fingerprint density at radius 3 is 2.58 bits per heavy atom. The fourth-order valence-corrected chi connectivity index (χ4v) is 2.43.